The van der Waals surface area contributed by atoms with E-state index >= 15 is 0 Å². The molecule has 0 amide bonds. The van der Waals surface area contributed by atoms with Crippen LogP contribution in [0.25, 0.3) is 0 Å². The van der Waals surface area contributed by atoms with Crippen LogP contribution in [0.15, 0.2) is 11.6 Å². The standard InChI is InChI=1S/C17H40O6Si4/c1-14(16(19)20)9-10-15(18)13-21-12-11-17(2,24-22-26(3,4)5)25-23-27(6,7)8/h9,15,18H,10-13,24-25H2,1-8H3,(H,19,20). The van der Waals surface area contributed by atoms with Crippen molar-refractivity contribution in [3.63, 3.8) is 0 Å². The number of carboxylic acids is 1. The fraction of sp³-hybridized carbons (Fsp3) is 0.824. The lowest BCUT2D eigenvalue weighted by Gasteiger charge is -2.34. The van der Waals surface area contributed by atoms with Crippen LogP contribution in [-0.2, 0) is 17.8 Å². The first kappa shape index (κ1) is 26.9. The average molecular weight is 453 g/mol. The summed E-state index contributed by atoms with van der Waals surface area (Å²) >= 11 is 0. The largest absolute Gasteiger partial charge is 0.478 e. The van der Waals surface area contributed by atoms with Crippen LogP contribution in [0.1, 0.15) is 26.7 Å². The van der Waals surface area contributed by atoms with Crippen molar-refractivity contribution in [2.24, 2.45) is 0 Å². The monoisotopic (exact) mass is 452 g/mol. The second kappa shape index (κ2) is 11.8. The third kappa shape index (κ3) is 15.5. The van der Waals surface area contributed by atoms with Crippen LogP contribution in [0, 0.1) is 0 Å². The van der Waals surface area contributed by atoms with E-state index < -0.39 is 48.2 Å². The van der Waals surface area contributed by atoms with Crippen LogP contribution in [0.3, 0.4) is 0 Å². The molecule has 27 heavy (non-hydrogen) atoms. The number of ether oxygens (including phenoxy) is 1. The van der Waals surface area contributed by atoms with Gasteiger partial charge in [0.25, 0.3) is 0 Å². The van der Waals surface area contributed by atoms with Gasteiger partial charge in [-0.3, -0.25) is 0 Å². The Hall–Kier alpha value is -0.0825. The molecule has 1 unspecified atom stereocenters. The van der Waals surface area contributed by atoms with Gasteiger partial charge in [0, 0.05) is 12.2 Å². The lowest BCUT2D eigenvalue weighted by atomic mass is 10.2. The van der Waals surface area contributed by atoms with Crippen LogP contribution in [0.5, 0.6) is 0 Å². The molecule has 0 aliphatic rings. The van der Waals surface area contributed by atoms with Crippen molar-refractivity contribution in [3.05, 3.63) is 11.6 Å². The highest BCUT2D eigenvalue weighted by Crippen LogP contribution is 2.30. The van der Waals surface area contributed by atoms with E-state index in [0.29, 0.717) is 6.61 Å². The normalized spacial score (nSPS) is 17.7. The molecule has 0 rings (SSSR count). The van der Waals surface area contributed by atoms with Crippen LogP contribution in [0.4, 0.5) is 0 Å². The lowest BCUT2D eigenvalue weighted by Crippen LogP contribution is -2.40. The summed E-state index contributed by atoms with van der Waals surface area (Å²) in [6.45, 7) is 17.9. The van der Waals surface area contributed by atoms with Gasteiger partial charge in [0.2, 0.25) is 0 Å². The molecule has 0 aromatic heterocycles. The van der Waals surface area contributed by atoms with Crippen LogP contribution < -0.4 is 0 Å². The number of hydrogen-bond donors (Lipinski definition) is 2. The SMILES string of the molecule is CC(=CCC(O)COCCC(C)([SiH2]O[Si](C)(C)C)[SiH2]O[Si](C)(C)C)C(=O)O. The van der Waals surface area contributed by atoms with Crippen LogP contribution >= 0.6 is 0 Å². The smallest absolute Gasteiger partial charge is 0.330 e. The second-order valence-electron chi connectivity index (χ2n) is 9.52. The van der Waals surface area contributed by atoms with Gasteiger partial charge in [0.05, 0.1) is 12.7 Å². The van der Waals surface area contributed by atoms with E-state index in [0.717, 1.165) is 6.42 Å². The Balaban J connectivity index is 4.49. The summed E-state index contributed by atoms with van der Waals surface area (Å²) in [5, 5.41) is 18.8. The Labute approximate surface area is 171 Å². The van der Waals surface area contributed by atoms with Gasteiger partial charge < -0.3 is 23.2 Å². The van der Waals surface area contributed by atoms with E-state index in [-0.39, 0.29) is 23.3 Å². The lowest BCUT2D eigenvalue weighted by molar-refractivity contribution is -0.132. The fourth-order valence-electron chi connectivity index (χ4n) is 1.97. The number of rotatable bonds is 14. The van der Waals surface area contributed by atoms with Crippen LogP contribution in [0.2, 0.25) is 43.9 Å². The predicted octanol–water partition coefficient (Wildman–Crippen LogP) is 2.18. The maximum atomic E-state index is 10.8. The molecule has 0 spiro atoms. The Bertz CT molecular complexity index is 467. The van der Waals surface area contributed by atoms with E-state index in [1.165, 1.54) is 13.0 Å². The Morgan fingerprint density at radius 3 is 2.00 bits per heavy atom. The number of carboxylic acid groups (broad SMARTS) is 1. The van der Waals surface area contributed by atoms with Gasteiger partial charge in [-0.05, 0) is 63.7 Å². The quantitative estimate of drug-likeness (QED) is 0.239. The van der Waals surface area contributed by atoms with E-state index in [2.05, 4.69) is 46.2 Å². The topological polar surface area (TPSA) is 85.2 Å². The molecule has 0 saturated heterocycles. The summed E-state index contributed by atoms with van der Waals surface area (Å²) in [4.78, 5) is 10.8. The molecule has 10 heteroatoms. The van der Waals surface area contributed by atoms with Crippen molar-refractivity contribution in [1.82, 2.24) is 0 Å². The molecule has 1 atom stereocenters. The van der Waals surface area contributed by atoms with Crippen molar-refractivity contribution in [2.75, 3.05) is 13.2 Å². The van der Waals surface area contributed by atoms with Gasteiger partial charge in [-0.1, -0.05) is 13.0 Å². The zero-order valence-corrected chi connectivity index (χ0v) is 23.3. The number of hydrogen-bond acceptors (Lipinski definition) is 5. The molecule has 0 aliphatic carbocycles. The molecule has 0 saturated carbocycles. The number of aliphatic hydroxyl groups is 1. The highest BCUT2D eigenvalue weighted by Gasteiger charge is 2.31. The zero-order chi connectivity index (χ0) is 21.3. The number of aliphatic carboxylic acids is 1. The molecule has 0 aliphatic heterocycles. The molecule has 0 bridgehead atoms. The minimum absolute atomic E-state index is 0.144. The average Bonchev–Trinajstić information content (AvgIpc) is 2.52. The number of aliphatic hydroxyl groups excluding tert-OH is 1. The van der Waals surface area contributed by atoms with Crippen molar-refractivity contribution >= 4 is 42.1 Å². The molecule has 0 fully saturated rings. The molecule has 0 aromatic carbocycles. The molecule has 0 heterocycles. The molecule has 6 nitrogen and oxygen atoms in total. The van der Waals surface area contributed by atoms with E-state index in [1.807, 2.05) is 0 Å². The molecule has 0 radical (unpaired) electrons. The third-order valence-electron chi connectivity index (χ3n) is 3.90. The Morgan fingerprint density at radius 1 is 1.11 bits per heavy atom. The van der Waals surface area contributed by atoms with E-state index in [1.54, 1.807) is 0 Å². The van der Waals surface area contributed by atoms with Gasteiger partial charge in [-0.25, -0.2) is 4.79 Å². The molecule has 0 aromatic rings. The first-order chi connectivity index (χ1) is 12.1. The maximum Gasteiger partial charge on any atom is 0.330 e. The zero-order valence-electron chi connectivity index (χ0n) is 18.4. The van der Waals surface area contributed by atoms with Gasteiger partial charge in [-0.15, -0.1) is 0 Å². The highest BCUT2D eigenvalue weighted by atomic mass is 28.4. The molecule has 2 N–H and O–H groups in total. The summed E-state index contributed by atoms with van der Waals surface area (Å²) in [6.07, 6.45) is 2.04. The minimum atomic E-state index is -1.53. The summed E-state index contributed by atoms with van der Waals surface area (Å²) in [7, 11) is -4.50. The van der Waals surface area contributed by atoms with Crippen molar-refractivity contribution in [1.29, 1.82) is 0 Å². The number of carbonyl (C=O) groups is 1. The predicted molar refractivity (Wildman–Crippen MR) is 122 cm³/mol. The van der Waals surface area contributed by atoms with E-state index in [9.17, 15) is 9.90 Å². The summed E-state index contributed by atoms with van der Waals surface area (Å²) in [5.41, 5.74) is 0.241. The second-order valence-corrected chi connectivity index (χ2v) is 25.3. The van der Waals surface area contributed by atoms with Gasteiger partial charge in [0.1, 0.15) is 0 Å². The summed E-state index contributed by atoms with van der Waals surface area (Å²) in [5.74, 6) is -0.960. The fourth-order valence-corrected chi connectivity index (χ4v) is 11.0. The highest BCUT2D eigenvalue weighted by molar-refractivity contribution is 6.78. The first-order valence-electron chi connectivity index (χ1n) is 9.57. The Kier molecular flexibility index (Phi) is 11.8. The van der Waals surface area contributed by atoms with Gasteiger partial charge in [0.15, 0.2) is 36.2 Å². The minimum Gasteiger partial charge on any atom is -0.478 e. The summed E-state index contributed by atoms with van der Waals surface area (Å²) < 4.78 is 18.4. The van der Waals surface area contributed by atoms with Crippen LogP contribution in [-0.4, -0.2) is 71.7 Å². The van der Waals surface area contributed by atoms with Gasteiger partial charge >= 0.3 is 5.97 Å². The molecular weight excluding hydrogens is 413 g/mol. The summed E-state index contributed by atoms with van der Waals surface area (Å²) in [6, 6.07) is 0. The molecule has 160 valence electrons. The first-order valence-corrected chi connectivity index (χ1v) is 19.0. The van der Waals surface area contributed by atoms with Crippen molar-refractivity contribution < 1.29 is 28.0 Å². The van der Waals surface area contributed by atoms with Crippen molar-refractivity contribution in [3.8, 4) is 0 Å². The Morgan fingerprint density at radius 2 is 1.59 bits per heavy atom. The van der Waals surface area contributed by atoms with Crippen molar-refractivity contribution in [2.45, 2.75) is 76.7 Å². The third-order valence-corrected chi connectivity index (χ3v) is 15.3. The molecular formula is C17H40O6Si4. The van der Waals surface area contributed by atoms with Gasteiger partial charge in [-0.2, -0.15) is 0 Å². The maximum absolute atomic E-state index is 10.8. The van der Waals surface area contributed by atoms with E-state index in [4.69, 9.17) is 18.1 Å².